The average molecular weight is 192 g/mol. The minimum atomic E-state index is -0.479. The van der Waals surface area contributed by atoms with E-state index in [1.54, 1.807) is 4.40 Å². The van der Waals surface area contributed by atoms with Crippen molar-refractivity contribution < 1.29 is 5.11 Å². The lowest BCUT2D eigenvalue weighted by Crippen LogP contribution is -2.17. The summed E-state index contributed by atoms with van der Waals surface area (Å²) in [6.45, 7) is 1.86. The van der Waals surface area contributed by atoms with Gasteiger partial charge < -0.3 is 10.8 Å². The lowest BCUT2D eigenvalue weighted by Gasteiger charge is -2.05. The zero-order valence-electron chi connectivity index (χ0n) is 7.88. The summed E-state index contributed by atoms with van der Waals surface area (Å²) in [5.74, 6) is 0.586. The van der Waals surface area contributed by atoms with Crippen molar-refractivity contribution in [2.75, 3.05) is 6.61 Å². The molecule has 5 nitrogen and oxygen atoms in total. The molecule has 1 unspecified atom stereocenters. The van der Waals surface area contributed by atoms with Gasteiger partial charge in [0.25, 0.3) is 0 Å². The summed E-state index contributed by atoms with van der Waals surface area (Å²) in [4.78, 5) is 0. The van der Waals surface area contributed by atoms with Gasteiger partial charge in [-0.15, -0.1) is 10.2 Å². The maximum atomic E-state index is 8.91. The second kappa shape index (κ2) is 3.36. The van der Waals surface area contributed by atoms with E-state index in [0.717, 1.165) is 11.2 Å². The van der Waals surface area contributed by atoms with E-state index in [1.165, 1.54) is 0 Å². The molecule has 0 spiro atoms. The van der Waals surface area contributed by atoms with Crippen LogP contribution in [0.15, 0.2) is 18.3 Å². The predicted molar refractivity (Wildman–Crippen MR) is 51.7 cm³/mol. The highest BCUT2D eigenvalue weighted by Gasteiger charge is 2.12. The maximum absolute atomic E-state index is 8.91. The fourth-order valence-electron chi connectivity index (χ4n) is 1.35. The van der Waals surface area contributed by atoms with Crippen molar-refractivity contribution in [2.24, 2.45) is 5.73 Å². The molecule has 5 heteroatoms. The second-order valence-electron chi connectivity index (χ2n) is 3.28. The Morgan fingerprint density at radius 3 is 3.07 bits per heavy atom. The molecule has 0 radical (unpaired) electrons. The third-order valence-electron chi connectivity index (χ3n) is 2.12. The molecule has 3 N–H and O–H groups in total. The normalized spacial score (nSPS) is 13.4. The molecule has 1 atom stereocenters. The maximum Gasteiger partial charge on any atom is 0.161 e. The summed E-state index contributed by atoms with van der Waals surface area (Å²) >= 11 is 0. The smallest absolute Gasteiger partial charge is 0.161 e. The standard InChI is InChI=1S/C9H12N4O/c1-6-2-3-13-8(4-6)11-12-9(13)7(10)5-14/h2-4,7,14H,5,10H2,1H3. The molecule has 0 bridgehead atoms. The largest absolute Gasteiger partial charge is 0.394 e. The van der Waals surface area contributed by atoms with Crippen molar-refractivity contribution in [3.63, 3.8) is 0 Å². The molecule has 2 aromatic rings. The zero-order valence-corrected chi connectivity index (χ0v) is 7.88. The highest BCUT2D eigenvalue weighted by Crippen LogP contribution is 2.10. The number of fused-ring (bicyclic) bond motifs is 1. The number of aromatic nitrogens is 3. The molecule has 0 aromatic carbocycles. The molecule has 2 heterocycles. The summed E-state index contributed by atoms with van der Waals surface area (Å²) in [5, 5.41) is 16.8. The van der Waals surface area contributed by atoms with Gasteiger partial charge in [0.05, 0.1) is 12.6 Å². The Bertz CT molecular complexity index is 451. The highest BCUT2D eigenvalue weighted by atomic mass is 16.3. The summed E-state index contributed by atoms with van der Waals surface area (Å²) in [7, 11) is 0. The van der Waals surface area contributed by atoms with Crippen LogP contribution in [-0.4, -0.2) is 26.3 Å². The number of aliphatic hydroxyl groups is 1. The third kappa shape index (κ3) is 1.36. The van der Waals surface area contributed by atoms with Gasteiger partial charge >= 0.3 is 0 Å². The first-order valence-electron chi connectivity index (χ1n) is 4.40. The van der Waals surface area contributed by atoms with Gasteiger partial charge in [0, 0.05) is 6.20 Å². The van der Waals surface area contributed by atoms with E-state index in [9.17, 15) is 0 Å². The third-order valence-corrected chi connectivity index (χ3v) is 2.12. The number of aliphatic hydroxyl groups excluding tert-OH is 1. The molecule has 14 heavy (non-hydrogen) atoms. The van der Waals surface area contributed by atoms with E-state index < -0.39 is 6.04 Å². The summed E-state index contributed by atoms with van der Waals surface area (Å²) in [5.41, 5.74) is 7.54. The van der Waals surface area contributed by atoms with Gasteiger partial charge in [-0.3, -0.25) is 4.40 Å². The number of aryl methyl sites for hydroxylation is 1. The number of nitrogens with two attached hydrogens (primary N) is 1. The molecule has 74 valence electrons. The van der Waals surface area contributed by atoms with Gasteiger partial charge in [0.2, 0.25) is 0 Å². The predicted octanol–water partition coefficient (Wildman–Crippen LogP) is 0.0298. The average Bonchev–Trinajstić information content (AvgIpc) is 2.59. The summed E-state index contributed by atoms with van der Waals surface area (Å²) in [6, 6.07) is 3.39. The molecule has 2 aromatic heterocycles. The van der Waals surface area contributed by atoms with Gasteiger partial charge in [0.1, 0.15) is 0 Å². The highest BCUT2D eigenvalue weighted by molar-refractivity contribution is 5.41. The minimum Gasteiger partial charge on any atom is -0.394 e. The summed E-state index contributed by atoms with van der Waals surface area (Å²) in [6.07, 6.45) is 1.86. The molecule has 0 aliphatic rings. The van der Waals surface area contributed by atoms with Crippen LogP contribution in [0.5, 0.6) is 0 Å². The molecule has 0 amide bonds. The molecule has 0 aliphatic heterocycles. The quantitative estimate of drug-likeness (QED) is 0.703. The summed E-state index contributed by atoms with van der Waals surface area (Å²) < 4.78 is 1.79. The van der Waals surface area contributed by atoms with Crippen LogP contribution in [0.1, 0.15) is 17.4 Å². The number of rotatable bonds is 2. The van der Waals surface area contributed by atoms with Crippen LogP contribution in [0, 0.1) is 6.92 Å². The number of pyridine rings is 1. The lowest BCUT2D eigenvalue weighted by atomic mass is 10.3. The lowest BCUT2D eigenvalue weighted by molar-refractivity contribution is 0.263. The van der Waals surface area contributed by atoms with Gasteiger partial charge in [-0.25, -0.2) is 0 Å². The number of nitrogens with zero attached hydrogens (tertiary/aromatic N) is 3. The van der Waals surface area contributed by atoms with Crippen molar-refractivity contribution in [3.05, 3.63) is 29.7 Å². The van der Waals surface area contributed by atoms with E-state index in [1.807, 2.05) is 25.3 Å². The molecular weight excluding hydrogens is 180 g/mol. The van der Waals surface area contributed by atoms with E-state index in [4.69, 9.17) is 10.8 Å². The van der Waals surface area contributed by atoms with Gasteiger partial charge in [0.15, 0.2) is 11.5 Å². The molecule has 0 saturated carbocycles. The van der Waals surface area contributed by atoms with Crippen LogP contribution >= 0.6 is 0 Å². The molecule has 0 aliphatic carbocycles. The van der Waals surface area contributed by atoms with Crippen LogP contribution in [0.2, 0.25) is 0 Å². The Kier molecular flexibility index (Phi) is 2.18. The Balaban J connectivity index is 2.58. The Morgan fingerprint density at radius 1 is 1.57 bits per heavy atom. The SMILES string of the molecule is Cc1ccn2c(C(N)CO)nnc2c1. The fraction of sp³-hybridized carbons (Fsp3) is 0.333. The molecule has 0 fully saturated rings. The Hall–Kier alpha value is -1.46. The zero-order chi connectivity index (χ0) is 10.1. The van der Waals surface area contributed by atoms with Gasteiger partial charge in [-0.05, 0) is 24.6 Å². The van der Waals surface area contributed by atoms with Gasteiger partial charge in [-0.1, -0.05) is 0 Å². The van der Waals surface area contributed by atoms with Crippen LogP contribution in [0.25, 0.3) is 5.65 Å². The van der Waals surface area contributed by atoms with Crippen LogP contribution in [0.4, 0.5) is 0 Å². The number of hydrogen-bond donors (Lipinski definition) is 2. The monoisotopic (exact) mass is 192 g/mol. The van der Waals surface area contributed by atoms with E-state index in [0.29, 0.717) is 5.82 Å². The van der Waals surface area contributed by atoms with Gasteiger partial charge in [-0.2, -0.15) is 0 Å². The van der Waals surface area contributed by atoms with Crippen molar-refractivity contribution in [1.82, 2.24) is 14.6 Å². The molecule has 0 saturated heterocycles. The first-order chi connectivity index (χ1) is 6.72. The van der Waals surface area contributed by atoms with Crippen molar-refractivity contribution in [2.45, 2.75) is 13.0 Å². The van der Waals surface area contributed by atoms with Crippen molar-refractivity contribution in [3.8, 4) is 0 Å². The van der Waals surface area contributed by atoms with Crippen LogP contribution in [-0.2, 0) is 0 Å². The molecule has 2 rings (SSSR count). The second-order valence-corrected chi connectivity index (χ2v) is 3.28. The first kappa shape index (κ1) is 9.11. The van der Waals surface area contributed by atoms with E-state index in [-0.39, 0.29) is 6.61 Å². The Labute approximate surface area is 81.2 Å². The number of hydrogen-bond acceptors (Lipinski definition) is 4. The van der Waals surface area contributed by atoms with Crippen molar-refractivity contribution in [1.29, 1.82) is 0 Å². The Morgan fingerprint density at radius 2 is 2.36 bits per heavy atom. The topological polar surface area (TPSA) is 76.4 Å². The van der Waals surface area contributed by atoms with Crippen LogP contribution in [0.3, 0.4) is 0 Å². The molecular formula is C9H12N4O. The van der Waals surface area contributed by atoms with Crippen LogP contribution < -0.4 is 5.73 Å². The van der Waals surface area contributed by atoms with Crippen molar-refractivity contribution >= 4 is 5.65 Å². The fourth-order valence-corrected chi connectivity index (χ4v) is 1.35. The minimum absolute atomic E-state index is 0.130. The van der Waals surface area contributed by atoms with E-state index >= 15 is 0 Å². The first-order valence-corrected chi connectivity index (χ1v) is 4.40. The van der Waals surface area contributed by atoms with E-state index in [2.05, 4.69) is 10.2 Å².